The predicted octanol–water partition coefficient (Wildman–Crippen LogP) is 3.06. The van der Waals surface area contributed by atoms with Gasteiger partial charge in [0, 0.05) is 38.2 Å². The molecule has 1 aromatic carbocycles. The van der Waals surface area contributed by atoms with E-state index in [0.717, 1.165) is 68.6 Å². The summed E-state index contributed by atoms with van der Waals surface area (Å²) < 4.78 is 24.0. The van der Waals surface area contributed by atoms with Crippen LogP contribution in [0.25, 0.3) is 0 Å². The average Bonchev–Trinajstić information content (AvgIpc) is 3.17. The molecule has 1 fully saturated rings. The lowest BCUT2D eigenvalue weighted by molar-refractivity contribution is 0.0168. The largest absolute Gasteiger partial charge is 0.379 e. The molecule has 1 heterocycles. The fourth-order valence-electron chi connectivity index (χ4n) is 2.59. The highest BCUT2D eigenvalue weighted by molar-refractivity contribution is 7.99. The van der Waals surface area contributed by atoms with Crippen molar-refractivity contribution in [1.82, 2.24) is 10.6 Å². The van der Waals surface area contributed by atoms with Crippen LogP contribution in [0.3, 0.4) is 0 Å². The third-order valence-corrected chi connectivity index (χ3v) is 5.10. The average molecular weight is 384 g/mol. The zero-order valence-corrected chi connectivity index (χ0v) is 16.3. The summed E-state index contributed by atoms with van der Waals surface area (Å²) in [7, 11) is 1.77. The number of guanidine groups is 1. The molecule has 0 aliphatic carbocycles. The zero-order valence-electron chi connectivity index (χ0n) is 15.5. The molecule has 0 saturated carbocycles. The molecule has 0 aromatic heterocycles. The van der Waals surface area contributed by atoms with Gasteiger partial charge in [-0.3, -0.25) is 4.99 Å². The number of ether oxygens (including phenoxy) is 2. The molecule has 7 heteroatoms. The van der Waals surface area contributed by atoms with Crippen molar-refractivity contribution in [2.45, 2.75) is 36.7 Å². The zero-order chi connectivity index (χ0) is 18.5. The van der Waals surface area contributed by atoms with E-state index in [9.17, 15) is 4.39 Å². The number of benzene rings is 1. The van der Waals surface area contributed by atoms with Crippen LogP contribution in [0.4, 0.5) is 4.39 Å². The summed E-state index contributed by atoms with van der Waals surface area (Å²) in [6.45, 7) is 4.00. The Morgan fingerprint density at radius 3 is 2.73 bits per heavy atom. The van der Waals surface area contributed by atoms with Crippen LogP contribution in [-0.2, 0) is 9.47 Å². The smallest absolute Gasteiger partial charge is 0.190 e. The maximum absolute atomic E-state index is 12.8. The lowest BCUT2D eigenvalue weighted by Crippen LogP contribution is -2.38. The van der Waals surface area contributed by atoms with Gasteiger partial charge in [0.1, 0.15) is 5.82 Å². The van der Waals surface area contributed by atoms with Gasteiger partial charge in [-0.25, -0.2) is 4.39 Å². The third kappa shape index (κ3) is 8.87. The van der Waals surface area contributed by atoms with Gasteiger partial charge in [-0.05, 0) is 55.7 Å². The summed E-state index contributed by atoms with van der Waals surface area (Å²) in [6, 6.07) is 6.62. The number of halogens is 1. The first-order valence-corrected chi connectivity index (χ1v) is 10.3. The molecular weight excluding hydrogens is 353 g/mol. The number of hydrogen-bond donors (Lipinski definition) is 2. The Kier molecular flexibility index (Phi) is 10.5. The van der Waals surface area contributed by atoms with E-state index in [4.69, 9.17) is 9.47 Å². The van der Waals surface area contributed by atoms with Crippen molar-refractivity contribution in [1.29, 1.82) is 0 Å². The molecule has 0 bridgehead atoms. The van der Waals surface area contributed by atoms with Crippen LogP contribution in [0.15, 0.2) is 34.2 Å². The van der Waals surface area contributed by atoms with Gasteiger partial charge in [-0.15, -0.1) is 11.8 Å². The second-order valence-electron chi connectivity index (χ2n) is 6.15. The summed E-state index contributed by atoms with van der Waals surface area (Å²) >= 11 is 1.73. The molecule has 5 nitrogen and oxygen atoms in total. The van der Waals surface area contributed by atoms with Crippen molar-refractivity contribution >= 4 is 17.7 Å². The number of nitrogens with one attached hydrogen (secondary N) is 2. The minimum absolute atomic E-state index is 0.192. The number of nitrogens with zero attached hydrogens (tertiary/aromatic N) is 1. The predicted molar refractivity (Wildman–Crippen MR) is 106 cm³/mol. The quantitative estimate of drug-likeness (QED) is 0.266. The van der Waals surface area contributed by atoms with E-state index in [1.807, 2.05) is 12.1 Å². The molecule has 146 valence electrons. The number of rotatable bonds is 11. The maximum Gasteiger partial charge on any atom is 0.190 e. The third-order valence-electron chi connectivity index (χ3n) is 4.01. The first-order chi connectivity index (χ1) is 12.8. The van der Waals surface area contributed by atoms with Crippen LogP contribution in [0.2, 0.25) is 0 Å². The van der Waals surface area contributed by atoms with Crippen molar-refractivity contribution in [2.75, 3.05) is 45.7 Å². The van der Waals surface area contributed by atoms with E-state index in [1.54, 1.807) is 18.8 Å². The second-order valence-corrected chi connectivity index (χ2v) is 7.31. The van der Waals surface area contributed by atoms with E-state index in [2.05, 4.69) is 15.6 Å². The minimum Gasteiger partial charge on any atom is -0.379 e. The normalized spacial score (nSPS) is 17.5. The van der Waals surface area contributed by atoms with E-state index < -0.39 is 0 Å². The molecule has 1 aliphatic heterocycles. The molecule has 26 heavy (non-hydrogen) atoms. The van der Waals surface area contributed by atoms with Crippen LogP contribution < -0.4 is 10.6 Å². The van der Waals surface area contributed by atoms with E-state index in [1.165, 1.54) is 12.1 Å². The lowest BCUT2D eigenvalue weighted by atomic mass is 10.2. The fourth-order valence-corrected chi connectivity index (χ4v) is 3.44. The minimum atomic E-state index is -0.192. The maximum atomic E-state index is 12.8. The Balaban J connectivity index is 1.43. The van der Waals surface area contributed by atoms with Gasteiger partial charge in [0.2, 0.25) is 0 Å². The van der Waals surface area contributed by atoms with Crippen LogP contribution in [0, 0.1) is 5.82 Å². The molecular formula is C19H30FN3O2S. The van der Waals surface area contributed by atoms with Gasteiger partial charge < -0.3 is 20.1 Å². The van der Waals surface area contributed by atoms with Crippen molar-refractivity contribution in [3.05, 3.63) is 30.1 Å². The molecule has 1 aliphatic rings. The van der Waals surface area contributed by atoms with Gasteiger partial charge in [0.15, 0.2) is 5.96 Å². The molecule has 0 radical (unpaired) electrons. The molecule has 1 aromatic rings. The number of thioether (sulfide) groups is 1. The van der Waals surface area contributed by atoms with Crippen molar-refractivity contribution < 1.29 is 13.9 Å². The van der Waals surface area contributed by atoms with Gasteiger partial charge in [-0.1, -0.05) is 0 Å². The van der Waals surface area contributed by atoms with E-state index >= 15 is 0 Å². The standard InChI is InChI=1S/C19H30FN3O2S/c1-21-19(22-10-3-12-24-15-17-5-2-13-25-17)23-11-4-14-26-18-8-6-16(20)7-9-18/h6-9,17H,2-5,10-15H2,1H3,(H2,21,22,23). The summed E-state index contributed by atoms with van der Waals surface area (Å²) in [4.78, 5) is 5.31. The Hall–Kier alpha value is -1.31. The topological polar surface area (TPSA) is 54.9 Å². The number of aliphatic imine (C=N–C) groups is 1. The van der Waals surface area contributed by atoms with Crippen molar-refractivity contribution in [2.24, 2.45) is 4.99 Å². The summed E-state index contributed by atoms with van der Waals surface area (Å²) in [5.74, 6) is 1.60. The Morgan fingerprint density at radius 2 is 2.04 bits per heavy atom. The van der Waals surface area contributed by atoms with Crippen molar-refractivity contribution in [3.63, 3.8) is 0 Å². The first-order valence-electron chi connectivity index (χ1n) is 9.30. The summed E-state index contributed by atoms with van der Waals surface area (Å²) in [5, 5.41) is 6.60. The highest BCUT2D eigenvalue weighted by atomic mass is 32.2. The molecule has 1 saturated heterocycles. The molecule has 2 N–H and O–H groups in total. The van der Waals surface area contributed by atoms with Gasteiger partial charge in [0.25, 0.3) is 0 Å². The van der Waals surface area contributed by atoms with Crippen LogP contribution in [0.1, 0.15) is 25.7 Å². The Labute approximate surface area is 160 Å². The molecule has 1 atom stereocenters. The highest BCUT2D eigenvalue weighted by Gasteiger charge is 2.14. The number of hydrogen-bond acceptors (Lipinski definition) is 4. The van der Waals surface area contributed by atoms with Crippen molar-refractivity contribution in [3.8, 4) is 0 Å². The first kappa shape index (κ1) is 21.0. The lowest BCUT2D eigenvalue weighted by Gasteiger charge is -2.13. The summed E-state index contributed by atoms with van der Waals surface area (Å²) in [6.07, 6.45) is 4.51. The van der Waals surface area contributed by atoms with E-state index in [-0.39, 0.29) is 5.82 Å². The van der Waals surface area contributed by atoms with Gasteiger partial charge >= 0.3 is 0 Å². The fraction of sp³-hybridized carbons (Fsp3) is 0.632. The highest BCUT2D eigenvalue weighted by Crippen LogP contribution is 2.18. The Morgan fingerprint density at radius 1 is 1.27 bits per heavy atom. The van der Waals surface area contributed by atoms with Crippen LogP contribution in [-0.4, -0.2) is 57.8 Å². The molecule has 0 amide bonds. The Bertz CT molecular complexity index is 522. The van der Waals surface area contributed by atoms with Crippen LogP contribution >= 0.6 is 11.8 Å². The monoisotopic (exact) mass is 383 g/mol. The summed E-state index contributed by atoms with van der Waals surface area (Å²) in [5.41, 5.74) is 0. The molecule has 0 spiro atoms. The van der Waals surface area contributed by atoms with E-state index in [0.29, 0.717) is 12.7 Å². The van der Waals surface area contributed by atoms with Gasteiger partial charge in [-0.2, -0.15) is 0 Å². The second kappa shape index (κ2) is 12.9. The molecule has 1 unspecified atom stereocenters. The van der Waals surface area contributed by atoms with Gasteiger partial charge in [0.05, 0.1) is 12.7 Å². The van der Waals surface area contributed by atoms with Crippen LogP contribution in [0.5, 0.6) is 0 Å². The SMILES string of the molecule is CN=C(NCCCOCC1CCCO1)NCCCSc1ccc(F)cc1. The molecule has 2 rings (SSSR count).